The van der Waals surface area contributed by atoms with Crippen molar-refractivity contribution in [3.8, 4) is 5.75 Å². The quantitative estimate of drug-likeness (QED) is 0.314. The molecule has 0 bridgehead atoms. The monoisotopic (exact) mass is 511 g/mol. The van der Waals surface area contributed by atoms with Crippen molar-refractivity contribution in [1.29, 1.82) is 0 Å². The summed E-state index contributed by atoms with van der Waals surface area (Å²) in [6.07, 6.45) is 1.70. The Hall–Kier alpha value is -3.29. The molecule has 7 nitrogen and oxygen atoms in total. The van der Waals surface area contributed by atoms with Crippen LogP contribution in [-0.4, -0.2) is 25.5 Å². The van der Waals surface area contributed by atoms with E-state index in [0.29, 0.717) is 22.4 Å². The molecule has 2 aromatic carbocycles. The molecule has 0 spiro atoms. The van der Waals surface area contributed by atoms with Crippen molar-refractivity contribution in [2.75, 3.05) is 5.32 Å². The number of carbonyl (C=O) groups is 1. The number of nitrogens with zero attached hydrogens (tertiary/aromatic N) is 4. The summed E-state index contributed by atoms with van der Waals surface area (Å²) in [4.78, 5) is 12.7. The van der Waals surface area contributed by atoms with E-state index in [1.54, 1.807) is 39.8 Å². The van der Waals surface area contributed by atoms with Crippen LogP contribution >= 0.6 is 23.2 Å². The van der Waals surface area contributed by atoms with Crippen LogP contribution < -0.4 is 10.1 Å². The molecule has 0 radical (unpaired) electrons. The molecule has 4 aromatic rings. The van der Waals surface area contributed by atoms with Gasteiger partial charge in [0, 0.05) is 18.0 Å². The van der Waals surface area contributed by atoms with Gasteiger partial charge in [0.15, 0.2) is 18.2 Å². The highest BCUT2D eigenvalue weighted by atomic mass is 35.5. The molecular formula is C26H27Cl2N5O2. The first-order chi connectivity index (χ1) is 16.6. The van der Waals surface area contributed by atoms with Crippen molar-refractivity contribution in [3.63, 3.8) is 0 Å². The summed E-state index contributed by atoms with van der Waals surface area (Å²) in [5.41, 5.74) is 3.43. The molecule has 9 heteroatoms. The Balaban J connectivity index is 1.35. The summed E-state index contributed by atoms with van der Waals surface area (Å²) >= 11 is 12.1. The van der Waals surface area contributed by atoms with Crippen LogP contribution in [0.15, 0.2) is 60.8 Å². The zero-order chi connectivity index (χ0) is 25.2. The fraction of sp³-hybridized carbons (Fsp3) is 0.269. The first kappa shape index (κ1) is 24.8. The van der Waals surface area contributed by atoms with Gasteiger partial charge in [-0.25, -0.2) is 4.68 Å². The Labute approximate surface area is 214 Å². The molecule has 0 atom stereocenters. The Morgan fingerprint density at radius 2 is 1.74 bits per heavy atom. The van der Waals surface area contributed by atoms with E-state index in [1.165, 1.54) is 5.56 Å². The summed E-state index contributed by atoms with van der Waals surface area (Å²) in [5.74, 6) is 0.831. The number of nitrogens with one attached hydrogen (secondary N) is 1. The molecule has 0 aliphatic carbocycles. The van der Waals surface area contributed by atoms with Gasteiger partial charge in [0.1, 0.15) is 5.75 Å². The van der Waals surface area contributed by atoms with Gasteiger partial charge in [0.25, 0.3) is 5.91 Å². The Morgan fingerprint density at radius 1 is 1.00 bits per heavy atom. The van der Waals surface area contributed by atoms with Gasteiger partial charge in [0.2, 0.25) is 0 Å². The van der Waals surface area contributed by atoms with Crippen LogP contribution in [0, 0.1) is 6.92 Å². The van der Waals surface area contributed by atoms with Crippen LogP contribution in [0.3, 0.4) is 0 Å². The number of rotatable bonds is 7. The maximum absolute atomic E-state index is 12.7. The highest BCUT2D eigenvalue weighted by Gasteiger charge is 2.15. The van der Waals surface area contributed by atoms with Gasteiger partial charge >= 0.3 is 0 Å². The molecule has 182 valence electrons. The van der Waals surface area contributed by atoms with E-state index in [0.717, 1.165) is 17.0 Å². The predicted molar refractivity (Wildman–Crippen MR) is 138 cm³/mol. The summed E-state index contributed by atoms with van der Waals surface area (Å²) in [7, 11) is 0. The third-order valence-electron chi connectivity index (χ3n) is 5.50. The van der Waals surface area contributed by atoms with Gasteiger partial charge in [-0.05, 0) is 53.8 Å². The van der Waals surface area contributed by atoms with E-state index in [2.05, 4.69) is 48.4 Å². The summed E-state index contributed by atoms with van der Waals surface area (Å²) in [6, 6.07) is 16.9. The van der Waals surface area contributed by atoms with Crippen molar-refractivity contribution < 1.29 is 9.53 Å². The van der Waals surface area contributed by atoms with Crippen LogP contribution in [-0.2, 0) is 18.7 Å². The number of carbonyl (C=O) groups excluding carboxylic acids is 1. The van der Waals surface area contributed by atoms with Gasteiger partial charge in [-0.3, -0.25) is 9.48 Å². The van der Waals surface area contributed by atoms with E-state index in [4.69, 9.17) is 27.9 Å². The van der Waals surface area contributed by atoms with E-state index in [-0.39, 0.29) is 23.7 Å². The average molecular weight is 512 g/mol. The van der Waals surface area contributed by atoms with Gasteiger partial charge in [-0.15, -0.1) is 0 Å². The Morgan fingerprint density at radius 3 is 2.43 bits per heavy atom. The summed E-state index contributed by atoms with van der Waals surface area (Å²) in [5, 5.41) is 12.6. The molecule has 1 amide bonds. The fourth-order valence-electron chi connectivity index (χ4n) is 3.47. The number of anilines is 1. The van der Waals surface area contributed by atoms with Crippen LogP contribution in [0.25, 0.3) is 0 Å². The molecule has 35 heavy (non-hydrogen) atoms. The molecule has 2 heterocycles. The number of halogens is 2. The lowest BCUT2D eigenvalue weighted by Gasteiger charge is -2.19. The second-order valence-electron chi connectivity index (χ2n) is 9.32. The molecule has 4 rings (SSSR count). The van der Waals surface area contributed by atoms with Crippen molar-refractivity contribution in [1.82, 2.24) is 19.6 Å². The van der Waals surface area contributed by atoms with Crippen LogP contribution in [0.1, 0.15) is 48.1 Å². The van der Waals surface area contributed by atoms with Gasteiger partial charge < -0.3 is 10.1 Å². The standard InChI is InChI=1S/C26H27Cl2N5O2/c1-17-13-24(31-33(17)15-18-5-10-21(27)22(28)14-18)29-25(34)23-11-12-32(30-23)16-35-20-8-6-19(7-9-20)26(2,3)4/h5-14H,15-16H2,1-4H3,(H,29,31,34). The van der Waals surface area contributed by atoms with Crippen LogP contribution in [0.5, 0.6) is 5.75 Å². The van der Waals surface area contributed by atoms with Crippen molar-refractivity contribution in [2.24, 2.45) is 0 Å². The fourth-order valence-corrected chi connectivity index (χ4v) is 3.79. The van der Waals surface area contributed by atoms with Crippen molar-refractivity contribution in [2.45, 2.75) is 46.4 Å². The highest BCUT2D eigenvalue weighted by Crippen LogP contribution is 2.25. The Bertz CT molecular complexity index is 1340. The van der Waals surface area contributed by atoms with Gasteiger partial charge in [-0.2, -0.15) is 10.2 Å². The van der Waals surface area contributed by atoms with E-state index >= 15 is 0 Å². The smallest absolute Gasteiger partial charge is 0.277 e. The van der Waals surface area contributed by atoms with Crippen molar-refractivity contribution >= 4 is 34.9 Å². The molecule has 2 aromatic heterocycles. The van der Waals surface area contributed by atoms with Crippen molar-refractivity contribution in [3.05, 3.63) is 93.4 Å². The minimum absolute atomic E-state index is 0.0840. The molecule has 0 aliphatic heterocycles. The lowest BCUT2D eigenvalue weighted by atomic mass is 9.87. The largest absolute Gasteiger partial charge is 0.471 e. The zero-order valence-electron chi connectivity index (χ0n) is 20.0. The van der Waals surface area contributed by atoms with Crippen LogP contribution in [0.4, 0.5) is 5.82 Å². The van der Waals surface area contributed by atoms with E-state index in [9.17, 15) is 4.79 Å². The first-order valence-electron chi connectivity index (χ1n) is 11.1. The number of amides is 1. The van der Waals surface area contributed by atoms with Gasteiger partial charge in [-0.1, -0.05) is 62.2 Å². The zero-order valence-corrected chi connectivity index (χ0v) is 21.6. The van der Waals surface area contributed by atoms with E-state index < -0.39 is 0 Å². The molecule has 0 saturated heterocycles. The number of hydrogen-bond donors (Lipinski definition) is 1. The number of hydrogen-bond acceptors (Lipinski definition) is 4. The minimum atomic E-state index is -0.350. The lowest BCUT2D eigenvalue weighted by Crippen LogP contribution is -2.15. The molecular weight excluding hydrogens is 485 g/mol. The number of ether oxygens (including phenoxy) is 1. The second kappa shape index (κ2) is 10.1. The number of aromatic nitrogens is 4. The molecule has 0 fully saturated rings. The molecule has 1 N–H and O–H groups in total. The summed E-state index contributed by atoms with van der Waals surface area (Å²) < 4.78 is 9.15. The van der Waals surface area contributed by atoms with Crippen LogP contribution in [0.2, 0.25) is 10.0 Å². The van der Waals surface area contributed by atoms with E-state index in [1.807, 2.05) is 25.1 Å². The predicted octanol–water partition coefficient (Wildman–Crippen LogP) is 6.33. The average Bonchev–Trinajstić information content (AvgIpc) is 3.41. The SMILES string of the molecule is Cc1cc(NC(=O)c2ccn(COc3ccc(C(C)(C)C)cc3)n2)nn1Cc1ccc(Cl)c(Cl)c1. The molecule has 0 unspecified atom stereocenters. The summed E-state index contributed by atoms with van der Waals surface area (Å²) in [6.45, 7) is 9.11. The second-order valence-corrected chi connectivity index (χ2v) is 10.1. The van der Waals surface area contributed by atoms with Gasteiger partial charge in [0.05, 0.1) is 16.6 Å². The lowest BCUT2D eigenvalue weighted by molar-refractivity contribution is 0.101. The minimum Gasteiger partial charge on any atom is -0.471 e. The highest BCUT2D eigenvalue weighted by molar-refractivity contribution is 6.42. The Kier molecular flexibility index (Phi) is 7.19. The maximum atomic E-state index is 12.7. The topological polar surface area (TPSA) is 74.0 Å². The molecule has 0 aliphatic rings. The number of benzene rings is 2. The third kappa shape index (κ3) is 6.24. The maximum Gasteiger partial charge on any atom is 0.277 e. The molecule has 0 saturated carbocycles. The third-order valence-corrected chi connectivity index (χ3v) is 6.24. The first-order valence-corrected chi connectivity index (χ1v) is 11.9. The normalized spacial score (nSPS) is 11.5. The number of aryl methyl sites for hydroxylation is 1.